The summed E-state index contributed by atoms with van der Waals surface area (Å²) in [6.45, 7) is 4.05. The van der Waals surface area contributed by atoms with E-state index in [2.05, 4.69) is 4.90 Å². The normalized spacial score (nSPS) is 21.3. The fourth-order valence-electron chi connectivity index (χ4n) is 3.72. The molecule has 0 radical (unpaired) electrons. The average molecular weight is 347 g/mol. The predicted molar refractivity (Wildman–Crippen MR) is 93.6 cm³/mol. The summed E-state index contributed by atoms with van der Waals surface area (Å²) < 4.78 is 5.49. The standard InChI is InChI=1S/C18H25N3O4/c22-18(9-13-25-17-8-2-1-7-16(17)21(23)24)20-12-5-6-15(14-20)19-10-3-4-11-19/h1-2,7-8,15H,3-6,9-14H2/t15-/m1/s1. The molecule has 0 N–H and O–H groups in total. The second-order valence-corrected chi connectivity index (χ2v) is 6.70. The van der Waals surface area contributed by atoms with Gasteiger partial charge in [0.15, 0.2) is 5.75 Å². The molecule has 2 aliphatic rings. The van der Waals surface area contributed by atoms with Crippen LogP contribution in [0.25, 0.3) is 0 Å². The third kappa shape index (κ3) is 4.48. The van der Waals surface area contributed by atoms with Crippen molar-refractivity contribution in [1.29, 1.82) is 0 Å². The smallest absolute Gasteiger partial charge is 0.310 e. The summed E-state index contributed by atoms with van der Waals surface area (Å²) in [4.78, 5) is 27.4. The van der Waals surface area contributed by atoms with Crippen molar-refractivity contribution >= 4 is 11.6 Å². The highest BCUT2D eigenvalue weighted by Crippen LogP contribution is 2.26. The summed E-state index contributed by atoms with van der Waals surface area (Å²) in [5.74, 6) is 0.288. The highest BCUT2D eigenvalue weighted by molar-refractivity contribution is 5.76. The van der Waals surface area contributed by atoms with Crippen LogP contribution in [0.1, 0.15) is 32.1 Å². The number of nitro groups is 1. The van der Waals surface area contributed by atoms with E-state index in [1.54, 1.807) is 18.2 Å². The Bertz CT molecular complexity index is 616. The van der Waals surface area contributed by atoms with Crippen molar-refractivity contribution in [3.05, 3.63) is 34.4 Å². The molecule has 136 valence electrons. The van der Waals surface area contributed by atoms with Crippen molar-refractivity contribution in [2.45, 2.75) is 38.1 Å². The van der Waals surface area contributed by atoms with E-state index in [1.807, 2.05) is 4.90 Å². The molecule has 0 bridgehead atoms. The molecule has 1 atom stereocenters. The van der Waals surface area contributed by atoms with Crippen molar-refractivity contribution in [3.8, 4) is 5.75 Å². The van der Waals surface area contributed by atoms with Gasteiger partial charge in [-0.1, -0.05) is 12.1 Å². The van der Waals surface area contributed by atoms with Crippen molar-refractivity contribution in [1.82, 2.24) is 9.80 Å². The maximum absolute atomic E-state index is 12.5. The number of carbonyl (C=O) groups is 1. The number of ether oxygens (including phenoxy) is 1. The molecule has 0 unspecified atom stereocenters. The third-order valence-corrected chi connectivity index (χ3v) is 5.04. The number of likely N-dealkylation sites (tertiary alicyclic amines) is 2. The Morgan fingerprint density at radius 3 is 2.72 bits per heavy atom. The molecule has 2 aliphatic heterocycles. The van der Waals surface area contributed by atoms with Crippen molar-refractivity contribution in [2.24, 2.45) is 0 Å². The first-order valence-electron chi connectivity index (χ1n) is 9.03. The number of para-hydroxylation sites is 2. The zero-order valence-corrected chi connectivity index (χ0v) is 14.4. The van der Waals surface area contributed by atoms with E-state index >= 15 is 0 Å². The van der Waals surface area contributed by atoms with Gasteiger partial charge in [0.25, 0.3) is 0 Å². The monoisotopic (exact) mass is 347 g/mol. The van der Waals surface area contributed by atoms with Crippen molar-refractivity contribution < 1.29 is 14.5 Å². The van der Waals surface area contributed by atoms with Crippen LogP contribution < -0.4 is 4.74 Å². The van der Waals surface area contributed by atoms with Crippen LogP contribution in [-0.4, -0.2) is 59.5 Å². The Kier molecular flexibility index (Phi) is 5.86. The van der Waals surface area contributed by atoms with Gasteiger partial charge in [-0.2, -0.15) is 0 Å². The zero-order valence-electron chi connectivity index (χ0n) is 14.4. The van der Waals surface area contributed by atoms with Crippen LogP contribution >= 0.6 is 0 Å². The molecule has 0 aliphatic carbocycles. The van der Waals surface area contributed by atoms with Crippen LogP contribution in [0.4, 0.5) is 5.69 Å². The first-order chi connectivity index (χ1) is 12.1. The molecule has 0 saturated carbocycles. The molecule has 0 aromatic heterocycles. The van der Waals surface area contributed by atoms with E-state index in [0.717, 1.165) is 39.0 Å². The number of carbonyl (C=O) groups excluding carboxylic acids is 1. The molecular weight excluding hydrogens is 322 g/mol. The van der Waals surface area contributed by atoms with Gasteiger partial charge in [0.2, 0.25) is 5.91 Å². The zero-order chi connectivity index (χ0) is 17.6. The summed E-state index contributed by atoms with van der Waals surface area (Å²) in [5, 5.41) is 11.0. The van der Waals surface area contributed by atoms with Crippen LogP contribution in [-0.2, 0) is 4.79 Å². The number of hydrogen-bond donors (Lipinski definition) is 0. The van der Waals surface area contributed by atoms with Gasteiger partial charge in [0.1, 0.15) is 0 Å². The van der Waals surface area contributed by atoms with E-state index < -0.39 is 4.92 Å². The maximum atomic E-state index is 12.5. The molecule has 1 aromatic carbocycles. The minimum Gasteiger partial charge on any atom is -0.486 e. The van der Waals surface area contributed by atoms with Crippen molar-refractivity contribution in [3.63, 3.8) is 0 Å². The van der Waals surface area contributed by atoms with Gasteiger partial charge in [0.05, 0.1) is 18.0 Å². The largest absolute Gasteiger partial charge is 0.486 e. The first-order valence-corrected chi connectivity index (χ1v) is 9.03. The number of nitrogens with zero attached hydrogens (tertiary/aromatic N) is 3. The lowest BCUT2D eigenvalue weighted by Gasteiger charge is -2.37. The SMILES string of the molecule is O=C(CCOc1ccccc1[N+](=O)[O-])N1CCC[C@@H](N2CCCC2)C1. The number of benzene rings is 1. The van der Waals surface area contributed by atoms with Gasteiger partial charge < -0.3 is 9.64 Å². The fourth-order valence-corrected chi connectivity index (χ4v) is 3.72. The third-order valence-electron chi connectivity index (χ3n) is 5.04. The van der Waals surface area contributed by atoms with Gasteiger partial charge in [0, 0.05) is 25.2 Å². The van der Waals surface area contributed by atoms with E-state index in [0.29, 0.717) is 6.04 Å². The molecule has 3 rings (SSSR count). The van der Waals surface area contributed by atoms with E-state index in [4.69, 9.17) is 4.74 Å². The van der Waals surface area contributed by atoms with Crippen LogP contribution in [0.15, 0.2) is 24.3 Å². The van der Waals surface area contributed by atoms with Crippen LogP contribution in [0.2, 0.25) is 0 Å². The van der Waals surface area contributed by atoms with E-state index in [1.165, 1.54) is 18.9 Å². The Morgan fingerprint density at radius 2 is 1.96 bits per heavy atom. The molecule has 0 spiro atoms. The number of rotatable bonds is 6. The fraction of sp³-hybridized carbons (Fsp3) is 0.611. The van der Waals surface area contributed by atoms with Crippen LogP contribution in [0.5, 0.6) is 5.75 Å². The number of piperidine rings is 1. The summed E-state index contributed by atoms with van der Waals surface area (Å²) in [7, 11) is 0. The van der Waals surface area contributed by atoms with Crippen LogP contribution in [0, 0.1) is 10.1 Å². The Labute approximate surface area is 147 Å². The van der Waals surface area contributed by atoms with Gasteiger partial charge >= 0.3 is 5.69 Å². The lowest BCUT2D eigenvalue weighted by atomic mass is 10.0. The van der Waals surface area contributed by atoms with Gasteiger partial charge in [-0.3, -0.25) is 19.8 Å². The number of nitro benzene ring substituents is 1. The van der Waals surface area contributed by atoms with Gasteiger partial charge in [-0.15, -0.1) is 0 Å². The molecule has 1 aromatic rings. The van der Waals surface area contributed by atoms with Crippen molar-refractivity contribution in [2.75, 3.05) is 32.8 Å². The molecule has 2 heterocycles. The predicted octanol–water partition coefficient (Wildman–Crippen LogP) is 2.45. The molecule has 2 saturated heterocycles. The Morgan fingerprint density at radius 1 is 1.20 bits per heavy atom. The van der Waals surface area contributed by atoms with Gasteiger partial charge in [-0.05, 0) is 44.8 Å². The molecular formula is C18H25N3O4. The summed E-state index contributed by atoms with van der Waals surface area (Å²) in [6.07, 6.45) is 4.97. The van der Waals surface area contributed by atoms with E-state index in [-0.39, 0.29) is 30.4 Å². The number of amides is 1. The number of hydrogen-bond acceptors (Lipinski definition) is 5. The molecule has 25 heavy (non-hydrogen) atoms. The second-order valence-electron chi connectivity index (χ2n) is 6.70. The molecule has 7 nitrogen and oxygen atoms in total. The minimum absolute atomic E-state index is 0.0676. The average Bonchev–Trinajstić information content (AvgIpc) is 3.17. The Balaban J connectivity index is 1.48. The highest BCUT2D eigenvalue weighted by Gasteiger charge is 2.29. The Hall–Kier alpha value is -2.15. The van der Waals surface area contributed by atoms with Crippen LogP contribution in [0.3, 0.4) is 0 Å². The molecule has 7 heteroatoms. The summed E-state index contributed by atoms with van der Waals surface area (Å²) in [6, 6.07) is 6.74. The van der Waals surface area contributed by atoms with E-state index in [9.17, 15) is 14.9 Å². The molecule has 1 amide bonds. The molecule has 2 fully saturated rings. The maximum Gasteiger partial charge on any atom is 0.310 e. The minimum atomic E-state index is -0.470. The summed E-state index contributed by atoms with van der Waals surface area (Å²) >= 11 is 0. The lowest BCUT2D eigenvalue weighted by Crippen LogP contribution is -2.49. The lowest BCUT2D eigenvalue weighted by molar-refractivity contribution is -0.385. The first kappa shape index (κ1) is 17.7. The quantitative estimate of drug-likeness (QED) is 0.584. The highest BCUT2D eigenvalue weighted by atomic mass is 16.6. The second kappa shape index (κ2) is 8.29. The van der Waals surface area contributed by atoms with Gasteiger partial charge in [-0.25, -0.2) is 0 Å². The summed E-state index contributed by atoms with van der Waals surface area (Å²) in [5.41, 5.74) is -0.0676. The topological polar surface area (TPSA) is 75.9 Å².